The molecule has 0 amide bonds. The van der Waals surface area contributed by atoms with Crippen molar-refractivity contribution in [3.05, 3.63) is 35.4 Å². The normalized spacial score (nSPS) is 13.5. The van der Waals surface area contributed by atoms with Gasteiger partial charge in [-0.3, -0.25) is 9.59 Å². The number of carboxylic acid groups (broad SMARTS) is 1. The first kappa shape index (κ1) is 17.2. The monoisotopic (exact) mass is 294 g/mol. The van der Waals surface area contributed by atoms with Crippen molar-refractivity contribution in [2.75, 3.05) is 19.8 Å². The van der Waals surface area contributed by atoms with Crippen molar-refractivity contribution in [3.63, 3.8) is 0 Å². The molecule has 1 rings (SSSR count). The summed E-state index contributed by atoms with van der Waals surface area (Å²) in [5.74, 6) is -1.97. The van der Waals surface area contributed by atoms with Gasteiger partial charge >= 0.3 is 11.9 Å². The van der Waals surface area contributed by atoms with Gasteiger partial charge in [0.2, 0.25) is 0 Å². The number of rotatable bonds is 8. The van der Waals surface area contributed by atoms with E-state index in [1.807, 2.05) is 13.8 Å². The molecule has 1 atom stereocenters. The number of ether oxygens (including phenoxy) is 2. The highest BCUT2D eigenvalue weighted by Crippen LogP contribution is 2.31. The molecule has 0 aliphatic rings. The van der Waals surface area contributed by atoms with E-state index in [9.17, 15) is 14.7 Å². The second-order valence-corrected chi connectivity index (χ2v) is 4.74. The van der Waals surface area contributed by atoms with E-state index in [4.69, 9.17) is 9.47 Å². The average molecular weight is 294 g/mol. The predicted octanol–water partition coefficient (Wildman–Crippen LogP) is 2.31. The third kappa shape index (κ3) is 3.82. The van der Waals surface area contributed by atoms with Gasteiger partial charge in [-0.1, -0.05) is 29.8 Å². The van der Waals surface area contributed by atoms with E-state index in [2.05, 4.69) is 0 Å². The number of carbonyl (C=O) groups is 2. The van der Waals surface area contributed by atoms with Gasteiger partial charge in [0.1, 0.15) is 0 Å². The van der Waals surface area contributed by atoms with Gasteiger partial charge in [0, 0.05) is 19.6 Å². The maximum atomic E-state index is 12.3. The number of benzene rings is 1. The van der Waals surface area contributed by atoms with Gasteiger partial charge in [-0.15, -0.1) is 0 Å². The van der Waals surface area contributed by atoms with Crippen molar-refractivity contribution in [1.29, 1.82) is 0 Å². The smallest absolute Gasteiger partial charge is 0.328 e. The minimum atomic E-state index is -1.72. The molecule has 0 saturated heterocycles. The molecule has 0 aromatic heterocycles. The van der Waals surface area contributed by atoms with E-state index in [0.717, 1.165) is 5.56 Å². The molecule has 5 nitrogen and oxygen atoms in total. The lowest BCUT2D eigenvalue weighted by atomic mass is 9.77. The van der Waals surface area contributed by atoms with Gasteiger partial charge in [0.05, 0.1) is 6.61 Å². The first-order valence-electron chi connectivity index (χ1n) is 7.04. The Hall–Kier alpha value is -1.88. The Balaban J connectivity index is 3.25. The molecule has 1 aromatic carbocycles. The summed E-state index contributed by atoms with van der Waals surface area (Å²) in [6, 6.07) is 6.89. The molecule has 5 heteroatoms. The fraction of sp³-hybridized carbons (Fsp3) is 0.500. The highest BCUT2D eigenvalue weighted by Gasteiger charge is 2.49. The van der Waals surface area contributed by atoms with Gasteiger partial charge < -0.3 is 14.6 Å². The third-order valence-electron chi connectivity index (χ3n) is 3.36. The Labute approximate surface area is 124 Å². The zero-order valence-corrected chi connectivity index (χ0v) is 12.7. The van der Waals surface area contributed by atoms with Crippen LogP contribution in [0.4, 0.5) is 0 Å². The molecule has 0 saturated carbocycles. The van der Waals surface area contributed by atoms with Crippen molar-refractivity contribution >= 4 is 11.9 Å². The SMILES string of the molecule is CCOCCC(C(=O)O)(C(=O)OCC)c1ccc(C)cc1. The number of hydrogen-bond donors (Lipinski definition) is 1. The second kappa shape index (κ2) is 7.78. The molecular formula is C16H22O5. The van der Waals surface area contributed by atoms with E-state index >= 15 is 0 Å². The lowest BCUT2D eigenvalue weighted by Crippen LogP contribution is -2.46. The lowest BCUT2D eigenvalue weighted by Gasteiger charge is -2.27. The van der Waals surface area contributed by atoms with Crippen LogP contribution in [0.3, 0.4) is 0 Å². The van der Waals surface area contributed by atoms with Gasteiger partial charge in [-0.2, -0.15) is 0 Å². The minimum Gasteiger partial charge on any atom is -0.480 e. The maximum absolute atomic E-state index is 12.3. The van der Waals surface area contributed by atoms with Crippen LogP contribution in [-0.4, -0.2) is 36.9 Å². The molecule has 0 fully saturated rings. The van der Waals surface area contributed by atoms with E-state index in [0.29, 0.717) is 12.2 Å². The summed E-state index contributed by atoms with van der Waals surface area (Å²) in [6.45, 7) is 6.15. The second-order valence-electron chi connectivity index (χ2n) is 4.74. The highest BCUT2D eigenvalue weighted by molar-refractivity contribution is 6.05. The van der Waals surface area contributed by atoms with Crippen LogP contribution in [0.5, 0.6) is 0 Å². The van der Waals surface area contributed by atoms with Gasteiger partial charge in [-0.05, 0) is 26.3 Å². The molecule has 0 aliphatic carbocycles. The quantitative estimate of drug-likeness (QED) is 0.452. The number of carboxylic acids is 1. The van der Waals surface area contributed by atoms with Crippen molar-refractivity contribution in [2.45, 2.75) is 32.6 Å². The number of aliphatic carboxylic acids is 1. The van der Waals surface area contributed by atoms with Crippen LogP contribution in [0.1, 0.15) is 31.4 Å². The van der Waals surface area contributed by atoms with Crippen LogP contribution >= 0.6 is 0 Å². The topological polar surface area (TPSA) is 72.8 Å². The Bertz CT molecular complexity index is 480. The van der Waals surface area contributed by atoms with Crippen molar-refractivity contribution in [2.24, 2.45) is 0 Å². The third-order valence-corrected chi connectivity index (χ3v) is 3.36. The summed E-state index contributed by atoms with van der Waals surface area (Å²) in [5, 5.41) is 9.69. The first-order chi connectivity index (χ1) is 9.98. The van der Waals surface area contributed by atoms with Crippen molar-refractivity contribution in [1.82, 2.24) is 0 Å². The summed E-state index contributed by atoms with van der Waals surface area (Å²) >= 11 is 0. The maximum Gasteiger partial charge on any atom is 0.328 e. The average Bonchev–Trinajstić information content (AvgIpc) is 2.45. The van der Waals surface area contributed by atoms with Gasteiger partial charge in [0.25, 0.3) is 0 Å². The zero-order valence-electron chi connectivity index (χ0n) is 12.7. The molecule has 0 radical (unpaired) electrons. The molecule has 0 bridgehead atoms. The Kier molecular flexibility index (Phi) is 6.37. The number of hydrogen-bond acceptors (Lipinski definition) is 4. The first-order valence-corrected chi connectivity index (χ1v) is 7.04. The fourth-order valence-electron chi connectivity index (χ4n) is 2.14. The van der Waals surface area contributed by atoms with E-state index in [1.165, 1.54) is 0 Å². The Morgan fingerprint density at radius 3 is 2.24 bits per heavy atom. The van der Waals surface area contributed by atoms with Crippen molar-refractivity contribution < 1.29 is 24.2 Å². The van der Waals surface area contributed by atoms with E-state index < -0.39 is 17.4 Å². The van der Waals surface area contributed by atoms with Crippen LogP contribution in [0.2, 0.25) is 0 Å². The highest BCUT2D eigenvalue weighted by atomic mass is 16.5. The largest absolute Gasteiger partial charge is 0.480 e. The molecule has 116 valence electrons. The van der Waals surface area contributed by atoms with Crippen LogP contribution in [0.25, 0.3) is 0 Å². The van der Waals surface area contributed by atoms with Gasteiger partial charge in [0.15, 0.2) is 5.41 Å². The standard InChI is InChI=1S/C16H22O5/c1-4-20-11-10-16(14(17)18,15(19)21-5-2)13-8-6-12(3)7-9-13/h6-9H,4-5,10-11H2,1-3H3,(H,17,18). The van der Waals surface area contributed by atoms with Crippen molar-refractivity contribution in [3.8, 4) is 0 Å². The number of esters is 1. The van der Waals surface area contributed by atoms with E-state index in [1.54, 1.807) is 31.2 Å². The molecular weight excluding hydrogens is 272 g/mol. The summed E-state index contributed by atoms with van der Waals surface area (Å²) in [7, 11) is 0. The van der Waals surface area contributed by atoms with Crippen LogP contribution in [-0.2, 0) is 24.5 Å². The molecule has 21 heavy (non-hydrogen) atoms. The Morgan fingerprint density at radius 1 is 1.14 bits per heavy atom. The van der Waals surface area contributed by atoms with E-state index in [-0.39, 0.29) is 19.6 Å². The van der Waals surface area contributed by atoms with Crippen LogP contribution in [0.15, 0.2) is 24.3 Å². The molecule has 1 N–H and O–H groups in total. The molecule has 1 aromatic rings. The summed E-state index contributed by atoms with van der Waals surface area (Å²) in [5.41, 5.74) is -0.316. The molecule has 1 unspecified atom stereocenters. The summed E-state index contributed by atoms with van der Waals surface area (Å²) < 4.78 is 10.3. The zero-order chi connectivity index (χ0) is 15.9. The molecule has 0 heterocycles. The summed E-state index contributed by atoms with van der Waals surface area (Å²) in [4.78, 5) is 24.2. The number of carbonyl (C=O) groups excluding carboxylic acids is 1. The molecule has 0 spiro atoms. The number of aryl methyl sites for hydroxylation is 1. The fourth-order valence-corrected chi connectivity index (χ4v) is 2.14. The van der Waals surface area contributed by atoms with Gasteiger partial charge in [-0.25, -0.2) is 0 Å². The summed E-state index contributed by atoms with van der Waals surface area (Å²) in [6.07, 6.45) is 0.0397. The Morgan fingerprint density at radius 2 is 1.76 bits per heavy atom. The van der Waals surface area contributed by atoms with Crippen LogP contribution < -0.4 is 0 Å². The molecule has 0 aliphatic heterocycles. The lowest BCUT2D eigenvalue weighted by molar-refractivity contribution is -0.162. The van der Waals surface area contributed by atoms with Crippen LogP contribution in [0, 0.1) is 6.92 Å². The predicted molar refractivity (Wildman–Crippen MR) is 78.2 cm³/mol. The minimum absolute atomic E-state index is 0.0397.